The van der Waals surface area contributed by atoms with E-state index in [1.54, 1.807) is 0 Å². The second kappa shape index (κ2) is 38.5. The molecule has 0 bridgehead atoms. The average Bonchev–Trinajstić information content (AvgIpc) is 1.41. The highest BCUT2D eigenvalue weighted by Gasteiger charge is 1.66. The van der Waals surface area contributed by atoms with E-state index in [0.717, 1.165) is 21.0 Å². The second-order valence-electron chi connectivity index (χ2n) is 0.695. The van der Waals surface area contributed by atoms with E-state index in [-0.39, 0.29) is 29.7 Å². The largest absolute Gasteiger partial charge is 0.449 e. The van der Waals surface area contributed by atoms with E-state index >= 15 is 0 Å². The number of hydrogen-bond acceptors (Lipinski definition) is 2. The first kappa shape index (κ1) is 33.7. The molecule has 0 aromatic rings. The molecule has 0 saturated carbocycles. The van der Waals surface area contributed by atoms with Crippen LogP contribution in [-0.2, 0) is 8.23 Å². The molecule has 0 aliphatic carbocycles. The van der Waals surface area contributed by atoms with Gasteiger partial charge in [0.15, 0.2) is 0 Å². The molecular weight excluding hydrogens is 164 g/mol. The van der Waals surface area contributed by atoms with Crippen molar-refractivity contribution in [2.45, 2.75) is 29.7 Å². The van der Waals surface area contributed by atoms with Gasteiger partial charge in [-0.2, -0.15) is 0 Å². The maximum Gasteiger partial charge on any atom is 0.282 e. The minimum atomic E-state index is -0.444. The van der Waals surface area contributed by atoms with Gasteiger partial charge in [0, 0.05) is 0 Å². The first-order chi connectivity index (χ1) is 2.41. The maximum absolute atomic E-state index is 4.78. The molecule has 0 spiro atoms. The van der Waals surface area contributed by atoms with Crippen molar-refractivity contribution in [2.75, 3.05) is 0 Å². The van der Waals surface area contributed by atoms with Crippen LogP contribution < -0.4 is 0 Å². The molecule has 9 heavy (non-hydrogen) atoms. The minimum Gasteiger partial charge on any atom is -0.449 e. The molecule has 0 aliphatic rings. The molecule has 0 aromatic heterocycles. The van der Waals surface area contributed by atoms with Crippen LogP contribution in [0.3, 0.4) is 0 Å². The molecule has 0 radical (unpaired) electrons. The molecule has 0 aromatic carbocycles. The lowest BCUT2D eigenvalue weighted by atomic mass is 12.0. The van der Waals surface area contributed by atoms with Crippen LogP contribution in [0, 0.1) is 0 Å². The van der Waals surface area contributed by atoms with Crippen molar-refractivity contribution in [2.24, 2.45) is 0 Å². The molecule has 5 heteroatoms. The van der Waals surface area contributed by atoms with Crippen LogP contribution in [0.1, 0.15) is 29.7 Å². The molecule has 0 saturated heterocycles. The van der Waals surface area contributed by atoms with Crippen molar-refractivity contribution in [3.8, 4) is 0 Å². The van der Waals surface area contributed by atoms with Gasteiger partial charge in [-0.15, -0.1) is 0 Å². The lowest BCUT2D eigenvalue weighted by molar-refractivity contribution is 0.513. The lowest BCUT2D eigenvalue weighted by Crippen LogP contribution is -1.96. The van der Waals surface area contributed by atoms with Crippen LogP contribution in [0.2, 0.25) is 0 Å². The van der Waals surface area contributed by atoms with E-state index in [0.29, 0.717) is 0 Å². The van der Waals surface area contributed by atoms with Crippen molar-refractivity contribution in [3.63, 3.8) is 0 Å². The van der Waals surface area contributed by atoms with Crippen molar-refractivity contribution in [1.29, 1.82) is 0 Å². The summed E-state index contributed by atoms with van der Waals surface area (Å²) in [4.78, 5) is 0. The molecule has 0 fully saturated rings. The van der Waals surface area contributed by atoms with Crippen LogP contribution in [0.5, 0.6) is 0 Å². The summed E-state index contributed by atoms with van der Waals surface area (Å²) < 4.78 is 9.56. The van der Waals surface area contributed by atoms with E-state index in [9.17, 15) is 0 Å². The van der Waals surface area contributed by atoms with Crippen LogP contribution in [0.25, 0.3) is 0 Å². The zero-order valence-electron chi connectivity index (χ0n) is 3.52. The smallest absolute Gasteiger partial charge is 0.282 e. The fourth-order valence-electron chi connectivity index (χ4n) is 0.118. The van der Waals surface area contributed by atoms with Crippen LogP contribution in [0.4, 0.5) is 0 Å². The summed E-state index contributed by atoms with van der Waals surface area (Å²) in [5, 5.41) is 0. The Morgan fingerprint density at radius 1 is 0.778 bits per heavy atom. The van der Waals surface area contributed by atoms with Crippen LogP contribution in [0.15, 0.2) is 0 Å². The van der Waals surface area contributed by atoms with Crippen molar-refractivity contribution < 1.29 is 8.23 Å². The van der Waals surface area contributed by atoms with Gasteiger partial charge in [-0.25, -0.2) is 0 Å². The highest BCUT2D eigenvalue weighted by molar-refractivity contribution is 6.33. The molecule has 0 heterocycles. The summed E-state index contributed by atoms with van der Waals surface area (Å²) in [5.41, 5.74) is 0. The summed E-state index contributed by atoms with van der Waals surface area (Å²) in [6.07, 6.45) is 0. The predicted octanol–water partition coefficient (Wildman–Crippen LogP) is -0.876. The summed E-state index contributed by atoms with van der Waals surface area (Å²) in [6, 6.07) is 0. The quantitative estimate of drug-likeness (QED) is 0.524. The molecule has 0 aliphatic heterocycles. The molecule has 0 atom stereocenters. The van der Waals surface area contributed by atoms with Gasteiger partial charge in [-0.3, -0.25) is 0 Å². The summed E-state index contributed by atoms with van der Waals surface area (Å²) in [6.45, 7) is 0. The first-order valence-corrected chi connectivity index (χ1v) is 4.18. The third-order valence-electron chi connectivity index (χ3n) is 0.236. The Morgan fingerprint density at radius 2 is 1.00 bits per heavy atom. The van der Waals surface area contributed by atoms with Gasteiger partial charge in [0.25, 0.3) is 10.0 Å². The third-order valence-corrected chi connectivity index (χ3v) is 2.12. The van der Waals surface area contributed by atoms with Crippen LogP contribution in [-0.4, -0.2) is 31.0 Å². The average molecular weight is 188 g/mol. The van der Waals surface area contributed by atoms with Gasteiger partial charge in [0.05, 0.1) is 0 Å². The van der Waals surface area contributed by atoms with E-state index in [4.69, 9.17) is 8.23 Å². The Kier molecular flexibility index (Phi) is 144. The minimum absolute atomic E-state index is 0. The molecule has 2 nitrogen and oxygen atoms in total. The highest BCUT2D eigenvalue weighted by Crippen LogP contribution is 1.52. The third kappa shape index (κ3) is 56.0. The van der Waals surface area contributed by atoms with Crippen molar-refractivity contribution in [1.82, 2.24) is 0 Å². The molecule has 0 rings (SSSR count). The first-order valence-electron chi connectivity index (χ1n) is 1.39. The Hall–Kier alpha value is 0.571. The fraction of sp³-hybridized carbons (Fsp3) is 1.00. The summed E-state index contributed by atoms with van der Waals surface area (Å²) >= 11 is 0. The zero-order valence-corrected chi connectivity index (χ0v) is 8.94. The van der Waals surface area contributed by atoms with Gasteiger partial charge in [0.1, 0.15) is 21.0 Å². The highest BCUT2D eigenvalue weighted by atomic mass is 28.3. The molecule has 0 unspecified atom stereocenters. The molecule has 0 amide bonds. The van der Waals surface area contributed by atoms with E-state index in [2.05, 4.69) is 0 Å². The summed E-state index contributed by atoms with van der Waals surface area (Å²) in [5.74, 6) is 0. The van der Waals surface area contributed by atoms with Crippen LogP contribution >= 0.6 is 0 Å². The van der Waals surface area contributed by atoms with Gasteiger partial charge in [-0.1, -0.05) is 29.7 Å². The van der Waals surface area contributed by atoms with Gasteiger partial charge < -0.3 is 8.23 Å². The monoisotopic (exact) mass is 188 g/mol. The Bertz CT molecular complexity index is 21.3. The SMILES string of the molecule is C.C.C.C.[SiH3]O[SiH2]O[SiH3]. The molecule has 0 N–H and O–H groups in total. The van der Waals surface area contributed by atoms with Gasteiger partial charge in [-0.05, 0) is 0 Å². The summed E-state index contributed by atoms with van der Waals surface area (Å²) in [7, 11) is 1.27. The number of rotatable bonds is 2. The van der Waals surface area contributed by atoms with Gasteiger partial charge >= 0.3 is 0 Å². The van der Waals surface area contributed by atoms with E-state index in [1.807, 2.05) is 0 Å². The predicted molar refractivity (Wildman–Crippen MR) is 57.5 cm³/mol. The molecule has 64 valence electrons. The Balaban J connectivity index is -0.0000000133. The van der Waals surface area contributed by atoms with Gasteiger partial charge in [0.2, 0.25) is 0 Å². The topological polar surface area (TPSA) is 18.5 Å². The number of hydrogen-bond donors (Lipinski definition) is 0. The fourth-order valence-corrected chi connectivity index (χ4v) is 3.18. The lowest BCUT2D eigenvalue weighted by Gasteiger charge is -1.87. The molecular formula is C4H24O2Si3. The normalized spacial score (nSPS) is 6.67. The Labute approximate surface area is 69.5 Å². The van der Waals surface area contributed by atoms with Crippen molar-refractivity contribution in [3.05, 3.63) is 0 Å². The zero-order chi connectivity index (χ0) is 4.12. The van der Waals surface area contributed by atoms with Crippen molar-refractivity contribution >= 4 is 31.0 Å². The van der Waals surface area contributed by atoms with E-state index < -0.39 is 10.0 Å². The van der Waals surface area contributed by atoms with E-state index in [1.165, 1.54) is 0 Å². The second-order valence-corrected chi connectivity index (χ2v) is 5.55. The maximum atomic E-state index is 4.78. The Morgan fingerprint density at radius 3 is 1.00 bits per heavy atom. The standard InChI is InChI=1S/4CH4.H8O2Si3/c;;;;3-1-5-2-4/h4*1H4;5H2,3-4H3.